The van der Waals surface area contributed by atoms with Gasteiger partial charge in [-0.25, -0.2) is 0 Å². The van der Waals surface area contributed by atoms with Crippen LogP contribution in [0.25, 0.3) is 0 Å². The Kier molecular flexibility index (Phi) is 2.65. The molecule has 3 heteroatoms. The summed E-state index contributed by atoms with van der Waals surface area (Å²) in [4.78, 5) is 13.7. The third-order valence-electron chi connectivity index (χ3n) is 3.29. The Bertz CT molecular complexity index is 205. The Hall–Kier alpha value is -0.410. The minimum atomic E-state index is 0.191. The molecule has 0 radical (unpaired) electrons. The van der Waals surface area contributed by atoms with Crippen molar-refractivity contribution in [1.29, 1.82) is 0 Å². The zero-order valence-corrected chi connectivity index (χ0v) is 7.91. The van der Waals surface area contributed by atoms with Gasteiger partial charge >= 0.3 is 0 Å². The second-order valence-corrected chi connectivity index (χ2v) is 4.21. The molecule has 0 amide bonds. The van der Waals surface area contributed by atoms with E-state index >= 15 is 0 Å². The van der Waals surface area contributed by atoms with Crippen LogP contribution in [0, 0.1) is 5.92 Å². The molecule has 1 N–H and O–H groups in total. The van der Waals surface area contributed by atoms with E-state index in [1.807, 2.05) is 0 Å². The van der Waals surface area contributed by atoms with Gasteiger partial charge in [0.1, 0.15) is 5.78 Å². The number of ketones is 1. The van der Waals surface area contributed by atoms with Gasteiger partial charge in [-0.2, -0.15) is 0 Å². The summed E-state index contributed by atoms with van der Waals surface area (Å²) < 4.78 is 0. The quantitative estimate of drug-likeness (QED) is 0.674. The normalized spacial score (nSPS) is 35.9. The van der Waals surface area contributed by atoms with Crippen LogP contribution in [-0.2, 0) is 4.79 Å². The third kappa shape index (κ3) is 1.76. The van der Waals surface area contributed by atoms with Crippen LogP contribution in [0.1, 0.15) is 25.7 Å². The molecule has 1 saturated heterocycles. The Balaban J connectivity index is 1.91. The zero-order valence-electron chi connectivity index (χ0n) is 7.91. The molecule has 2 rings (SSSR count). The number of rotatable bonds is 2. The smallest absolute Gasteiger partial charge is 0.149 e. The molecule has 13 heavy (non-hydrogen) atoms. The van der Waals surface area contributed by atoms with E-state index in [9.17, 15) is 4.79 Å². The van der Waals surface area contributed by atoms with Crippen molar-refractivity contribution in [2.75, 3.05) is 19.7 Å². The maximum Gasteiger partial charge on any atom is 0.149 e. The molecule has 0 aromatic heterocycles. The van der Waals surface area contributed by atoms with Gasteiger partial charge in [-0.1, -0.05) is 0 Å². The maximum atomic E-state index is 11.5. The number of nitrogens with zero attached hydrogens (tertiary/aromatic N) is 1. The molecular formula is C10H17NO2. The number of hydrogen-bond donors (Lipinski definition) is 1. The molecule has 0 spiro atoms. The van der Waals surface area contributed by atoms with E-state index in [0.717, 1.165) is 38.8 Å². The lowest BCUT2D eigenvalue weighted by atomic mass is 10.1. The van der Waals surface area contributed by atoms with Gasteiger partial charge in [0.15, 0.2) is 0 Å². The van der Waals surface area contributed by atoms with Crippen molar-refractivity contribution in [3.63, 3.8) is 0 Å². The Labute approximate surface area is 78.7 Å². The number of hydrogen-bond acceptors (Lipinski definition) is 3. The summed E-state index contributed by atoms with van der Waals surface area (Å²) in [5.41, 5.74) is 0. The summed E-state index contributed by atoms with van der Waals surface area (Å²) in [6, 6.07) is 0.191. The average molecular weight is 183 g/mol. The number of aliphatic hydroxyl groups excluding tert-OH is 1. The van der Waals surface area contributed by atoms with Gasteiger partial charge < -0.3 is 5.11 Å². The lowest BCUT2D eigenvalue weighted by Gasteiger charge is -2.21. The van der Waals surface area contributed by atoms with Gasteiger partial charge in [0, 0.05) is 19.6 Å². The van der Waals surface area contributed by atoms with Crippen molar-refractivity contribution in [2.45, 2.75) is 31.7 Å². The number of carbonyl (C=O) groups excluding carboxylic acids is 1. The second kappa shape index (κ2) is 3.76. The minimum Gasteiger partial charge on any atom is -0.396 e. The van der Waals surface area contributed by atoms with E-state index in [4.69, 9.17) is 5.11 Å². The van der Waals surface area contributed by atoms with E-state index in [1.165, 1.54) is 0 Å². The minimum absolute atomic E-state index is 0.191. The predicted octanol–water partition coefficient (Wildman–Crippen LogP) is 0.422. The Morgan fingerprint density at radius 1 is 1.46 bits per heavy atom. The molecule has 1 heterocycles. The van der Waals surface area contributed by atoms with Crippen LogP contribution >= 0.6 is 0 Å². The molecular weight excluding hydrogens is 166 g/mol. The average Bonchev–Trinajstić information content (AvgIpc) is 2.71. The summed E-state index contributed by atoms with van der Waals surface area (Å²) >= 11 is 0. The van der Waals surface area contributed by atoms with E-state index in [2.05, 4.69) is 4.90 Å². The van der Waals surface area contributed by atoms with Gasteiger partial charge in [0.05, 0.1) is 6.04 Å². The van der Waals surface area contributed by atoms with Crippen LogP contribution in [0.2, 0.25) is 0 Å². The summed E-state index contributed by atoms with van der Waals surface area (Å²) in [5.74, 6) is 0.826. The highest BCUT2D eigenvalue weighted by Crippen LogP contribution is 2.25. The molecule has 0 aromatic carbocycles. The fraction of sp³-hybridized carbons (Fsp3) is 0.900. The standard InChI is InChI=1S/C10H17NO2/c12-7-8-4-5-11(6-8)9-2-1-3-10(9)13/h8-9,12H,1-7H2. The molecule has 3 nitrogen and oxygen atoms in total. The first-order valence-electron chi connectivity index (χ1n) is 5.19. The van der Waals surface area contributed by atoms with Crippen LogP contribution in [0.4, 0.5) is 0 Å². The van der Waals surface area contributed by atoms with Gasteiger partial charge in [-0.3, -0.25) is 9.69 Å². The highest BCUT2D eigenvalue weighted by molar-refractivity contribution is 5.85. The summed E-state index contributed by atoms with van der Waals surface area (Å²) in [6.45, 7) is 2.20. The van der Waals surface area contributed by atoms with Crippen LogP contribution in [-0.4, -0.2) is 41.5 Å². The van der Waals surface area contributed by atoms with Crippen molar-refractivity contribution in [2.24, 2.45) is 5.92 Å². The van der Waals surface area contributed by atoms with E-state index in [1.54, 1.807) is 0 Å². The molecule has 2 atom stereocenters. The molecule has 2 unspecified atom stereocenters. The molecule has 2 aliphatic rings. The molecule has 0 bridgehead atoms. The number of carbonyl (C=O) groups is 1. The fourth-order valence-electron chi connectivity index (χ4n) is 2.48. The number of Topliss-reactive ketones (excluding diaryl/α,β-unsaturated/α-hetero) is 1. The predicted molar refractivity (Wildman–Crippen MR) is 49.4 cm³/mol. The molecule has 2 fully saturated rings. The van der Waals surface area contributed by atoms with E-state index in [0.29, 0.717) is 11.7 Å². The maximum absolute atomic E-state index is 11.5. The van der Waals surface area contributed by atoms with Crippen LogP contribution in [0.3, 0.4) is 0 Å². The monoisotopic (exact) mass is 183 g/mol. The van der Waals surface area contributed by atoms with E-state index < -0.39 is 0 Å². The van der Waals surface area contributed by atoms with Crippen molar-refractivity contribution >= 4 is 5.78 Å². The SMILES string of the molecule is O=C1CCCC1N1CCC(CO)C1. The summed E-state index contributed by atoms with van der Waals surface area (Å²) in [5, 5.41) is 8.98. The highest BCUT2D eigenvalue weighted by atomic mass is 16.3. The molecule has 1 aliphatic heterocycles. The Morgan fingerprint density at radius 3 is 2.85 bits per heavy atom. The first-order chi connectivity index (χ1) is 6.31. The first kappa shape index (κ1) is 9.16. The molecule has 1 aliphatic carbocycles. The van der Waals surface area contributed by atoms with Crippen molar-refractivity contribution < 1.29 is 9.90 Å². The lowest BCUT2D eigenvalue weighted by molar-refractivity contribution is -0.121. The van der Waals surface area contributed by atoms with Crippen LogP contribution in [0.5, 0.6) is 0 Å². The lowest BCUT2D eigenvalue weighted by Crippen LogP contribution is -2.36. The highest BCUT2D eigenvalue weighted by Gasteiger charge is 2.34. The van der Waals surface area contributed by atoms with Crippen molar-refractivity contribution in [3.05, 3.63) is 0 Å². The van der Waals surface area contributed by atoms with Crippen molar-refractivity contribution in [1.82, 2.24) is 4.90 Å². The van der Waals surface area contributed by atoms with Crippen molar-refractivity contribution in [3.8, 4) is 0 Å². The largest absolute Gasteiger partial charge is 0.396 e. The van der Waals surface area contributed by atoms with Gasteiger partial charge in [0.2, 0.25) is 0 Å². The first-order valence-corrected chi connectivity index (χ1v) is 5.19. The van der Waals surface area contributed by atoms with Gasteiger partial charge in [-0.05, 0) is 31.7 Å². The number of likely N-dealkylation sites (tertiary alicyclic amines) is 1. The van der Waals surface area contributed by atoms with E-state index in [-0.39, 0.29) is 12.6 Å². The van der Waals surface area contributed by atoms with Crippen LogP contribution < -0.4 is 0 Å². The zero-order chi connectivity index (χ0) is 9.26. The third-order valence-corrected chi connectivity index (χ3v) is 3.29. The second-order valence-electron chi connectivity index (χ2n) is 4.21. The van der Waals surface area contributed by atoms with Crippen LogP contribution in [0.15, 0.2) is 0 Å². The van der Waals surface area contributed by atoms with Gasteiger partial charge in [0.25, 0.3) is 0 Å². The summed E-state index contributed by atoms with van der Waals surface area (Å²) in [7, 11) is 0. The molecule has 1 saturated carbocycles. The fourth-order valence-corrected chi connectivity index (χ4v) is 2.48. The topological polar surface area (TPSA) is 40.5 Å². The Morgan fingerprint density at radius 2 is 2.31 bits per heavy atom. The molecule has 0 aromatic rings. The van der Waals surface area contributed by atoms with Gasteiger partial charge in [-0.15, -0.1) is 0 Å². The number of aliphatic hydroxyl groups is 1. The summed E-state index contributed by atoms with van der Waals surface area (Å²) in [6.07, 6.45) is 3.92. The molecule has 74 valence electrons.